The molecule has 0 spiro atoms. The first kappa shape index (κ1) is 17.2. The number of halogens is 1. The predicted octanol–water partition coefficient (Wildman–Crippen LogP) is 2.70. The van der Waals surface area contributed by atoms with E-state index in [4.69, 9.17) is 11.6 Å². The Morgan fingerprint density at radius 2 is 1.96 bits per heavy atom. The lowest BCUT2D eigenvalue weighted by Crippen LogP contribution is -2.48. The van der Waals surface area contributed by atoms with Crippen LogP contribution in [0.3, 0.4) is 0 Å². The highest BCUT2D eigenvalue weighted by Gasteiger charge is 2.22. The number of carbonyl (C=O) groups excluding carboxylic acids is 2. The molecule has 6 nitrogen and oxygen atoms in total. The molecular formula is C18H19ClN4O2. The van der Waals surface area contributed by atoms with Gasteiger partial charge in [-0.2, -0.15) is 0 Å². The van der Waals surface area contributed by atoms with E-state index >= 15 is 0 Å². The minimum Gasteiger partial charge on any atom is -0.354 e. The number of pyridine rings is 1. The molecule has 1 fully saturated rings. The molecule has 2 heterocycles. The van der Waals surface area contributed by atoms with Gasteiger partial charge in [-0.1, -0.05) is 17.7 Å². The third-order valence-corrected chi connectivity index (χ3v) is 4.45. The molecule has 3 rings (SSSR count). The van der Waals surface area contributed by atoms with Gasteiger partial charge in [0.2, 0.25) is 6.41 Å². The van der Waals surface area contributed by atoms with Gasteiger partial charge in [0.25, 0.3) is 5.91 Å². The average molecular weight is 359 g/mol. The topological polar surface area (TPSA) is 65.5 Å². The van der Waals surface area contributed by atoms with Crippen LogP contribution >= 0.6 is 11.6 Å². The van der Waals surface area contributed by atoms with E-state index in [-0.39, 0.29) is 5.91 Å². The lowest BCUT2D eigenvalue weighted by molar-refractivity contribution is -0.119. The van der Waals surface area contributed by atoms with Crippen molar-refractivity contribution in [3.63, 3.8) is 0 Å². The number of amides is 2. The molecule has 0 unspecified atom stereocenters. The predicted molar refractivity (Wildman–Crippen MR) is 97.2 cm³/mol. The van der Waals surface area contributed by atoms with Crippen molar-refractivity contribution in [2.75, 3.05) is 31.5 Å². The number of carbonyl (C=O) groups is 2. The van der Waals surface area contributed by atoms with E-state index < -0.39 is 0 Å². The number of aryl methyl sites for hydroxylation is 1. The number of hydrogen-bond donors (Lipinski definition) is 1. The third kappa shape index (κ3) is 4.09. The summed E-state index contributed by atoms with van der Waals surface area (Å²) < 4.78 is 0. The van der Waals surface area contributed by atoms with Crippen LogP contribution in [-0.4, -0.2) is 53.3 Å². The number of aromatic nitrogens is 1. The van der Waals surface area contributed by atoms with Gasteiger partial charge in [0.1, 0.15) is 5.69 Å². The second-order valence-electron chi connectivity index (χ2n) is 5.95. The maximum Gasteiger partial charge on any atom is 0.272 e. The number of nitrogens with zero attached hydrogens (tertiary/aromatic N) is 3. The second kappa shape index (κ2) is 7.53. The molecule has 2 amide bonds. The van der Waals surface area contributed by atoms with Crippen LogP contribution in [0, 0.1) is 6.92 Å². The summed E-state index contributed by atoms with van der Waals surface area (Å²) in [6.45, 7) is 4.16. The van der Waals surface area contributed by atoms with E-state index in [0.29, 0.717) is 36.9 Å². The fraction of sp³-hybridized carbons (Fsp3) is 0.278. The largest absolute Gasteiger partial charge is 0.354 e. The highest BCUT2D eigenvalue weighted by atomic mass is 35.5. The molecule has 7 heteroatoms. The Bertz CT molecular complexity index is 771. The molecule has 0 bridgehead atoms. The number of piperazine rings is 1. The molecule has 130 valence electrons. The number of benzene rings is 1. The van der Waals surface area contributed by atoms with Crippen LogP contribution in [0.25, 0.3) is 0 Å². The van der Waals surface area contributed by atoms with Crippen LogP contribution in [0.5, 0.6) is 0 Å². The number of rotatable bonds is 4. The molecule has 0 saturated carbocycles. The lowest BCUT2D eigenvalue weighted by atomic mass is 10.2. The van der Waals surface area contributed by atoms with Crippen molar-refractivity contribution in [2.24, 2.45) is 0 Å². The third-order valence-electron chi connectivity index (χ3n) is 4.21. The zero-order valence-electron chi connectivity index (χ0n) is 13.9. The highest BCUT2D eigenvalue weighted by Crippen LogP contribution is 2.24. The summed E-state index contributed by atoms with van der Waals surface area (Å²) in [5, 5.41) is 3.91. The van der Waals surface area contributed by atoms with Crippen molar-refractivity contribution >= 4 is 35.3 Å². The van der Waals surface area contributed by atoms with Crippen molar-refractivity contribution in [1.29, 1.82) is 0 Å². The van der Waals surface area contributed by atoms with Gasteiger partial charge in [-0.15, -0.1) is 0 Å². The van der Waals surface area contributed by atoms with Gasteiger partial charge < -0.3 is 15.1 Å². The molecule has 1 aliphatic heterocycles. The molecule has 1 aromatic heterocycles. The van der Waals surface area contributed by atoms with Gasteiger partial charge in [-0.05, 0) is 36.8 Å². The van der Waals surface area contributed by atoms with Gasteiger partial charge >= 0.3 is 0 Å². The first-order chi connectivity index (χ1) is 12.1. The van der Waals surface area contributed by atoms with Crippen LogP contribution in [0.1, 0.15) is 16.1 Å². The first-order valence-electron chi connectivity index (χ1n) is 8.04. The Balaban J connectivity index is 1.67. The van der Waals surface area contributed by atoms with Crippen LogP contribution in [0.4, 0.5) is 11.4 Å². The summed E-state index contributed by atoms with van der Waals surface area (Å²) in [4.78, 5) is 30.9. The zero-order chi connectivity index (χ0) is 17.8. The second-order valence-corrected chi connectivity index (χ2v) is 6.39. The van der Waals surface area contributed by atoms with E-state index in [0.717, 1.165) is 23.3 Å². The Hall–Kier alpha value is -2.60. The minimum atomic E-state index is -0.115. The quantitative estimate of drug-likeness (QED) is 0.853. The van der Waals surface area contributed by atoms with Crippen molar-refractivity contribution < 1.29 is 9.59 Å². The normalized spacial score (nSPS) is 14.3. The summed E-state index contributed by atoms with van der Waals surface area (Å²) in [6, 6.07) is 9.16. The van der Waals surface area contributed by atoms with Gasteiger partial charge in [-0.25, -0.2) is 4.98 Å². The monoisotopic (exact) mass is 358 g/mol. The maximum absolute atomic E-state index is 12.5. The van der Waals surface area contributed by atoms with Crippen molar-refractivity contribution in [3.8, 4) is 0 Å². The number of hydrogen-bond acceptors (Lipinski definition) is 4. The molecule has 1 saturated heterocycles. The van der Waals surface area contributed by atoms with Gasteiger partial charge in [-0.3, -0.25) is 9.59 Å². The summed E-state index contributed by atoms with van der Waals surface area (Å²) in [7, 11) is 0. The van der Waals surface area contributed by atoms with Gasteiger partial charge in [0.05, 0.1) is 11.9 Å². The van der Waals surface area contributed by atoms with Gasteiger partial charge in [0, 0.05) is 36.9 Å². The van der Waals surface area contributed by atoms with E-state index in [1.807, 2.05) is 31.2 Å². The molecule has 0 radical (unpaired) electrons. The van der Waals surface area contributed by atoms with Crippen molar-refractivity contribution in [1.82, 2.24) is 14.8 Å². The lowest BCUT2D eigenvalue weighted by Gasteiger charge is -2.32. The molecule has 25 heavy (non-hydrogen) atoms. The SMILES string of the molecule is Cc1ccc(Cl)cc1Nc1ccc(C(=O)N2CCN(C=O)CC2)nc1. The van der Waals surface area contributed by atoms with Crippen LogP contribution in [-0.2, 0) is 4.79 Å². The van der Waals surface area contributed by atoms with E-state index in [1.165, 1.54) is 0 Å². The Kier molecular flexibility index (Phi) is 5.19. The van der Waals surface area contributed by atoms with Gasteiger partial charge in [0.15, 0.2) is 0 Å². The minimum absolute atomic E-state index is 0.115. The standard InChI is InChI=1S/C18H19ClN4O2/c1-13-2-3-14(19)10-17(13)21-15-4-5-16(20-11-15)18(25)23-8-6-22(12-24)7-9-23/h2-5,10-12,21H,6-9H2,1H3. The van der Waals surface area contributed by atoms with Crippen molar-refractivity contribution in [3.05, 3.63) is 52.8 Å². The van der Waals surface area contributed by atoms with E-state index in [9.17, 15) is 9.59 Å². The van der Waals surface area contributed by atoms with Crippen LogP contribution in [0.2, 0.25) is 5.02 Å². The molecule has 1 aliphatic rings. The van der Waals surface area contributed by atoms with E-state index in [1.54, 1.807) is 22.1 Å². The zero-order valence-corrected chi connectivity index (χ0v) is 14.7. The first-order valence-corrected chi connectivity index (χ1v) is 8.42. The fourth-order valence-corrected chi connectivity index (χ4v) is 2.84. The smallest absolute Gasteiger partial charge is 0.272 e. The summed E-state index contributed by atoms with van der Waals surface area (Å²) >= 11 is 6.03. The Morgan fingerprint density at radius 3 is 2.60 bits per heavy atom. The fourth-order valence-electron chi connectivity index (χ4n) is 2.67. The highest BCUT2D eigenvalue weighted by molar-refractivity contribution is 6.30. The Labute approximate surface area is 151 Å². The van der Waals surface area contributed by atoms with Crippen LogP contribution < -0.4 is 5.32 Å². The summed E-state index contributed by atoms with van der Waals surface area (Å²) in [5.74, 6) is -0.115. The molecule has 2 aromatic rings. The Morgan fingerprint density at radius 1 is 1.20 bits per heavy atom. The molecule has 0 atom stereocenters. The van der Waals surface area contributed by atoms with Crippen molar-refractivity contribution in [2.45, 2.75) is 6.92 Å². The molecule has 1 N–H and O–H groups in total. The molecule has 0 aliphatic carbocycles. The maximum atomic E-state index is 12.5. The molecule has 1 aromatic carbocycles. The number of anilines is 2. The number of nitrogens with one attached hydrogen (secondary N) is 1. The summed E-state index contributed by atoms with van der Waals surface area (Å²) in [5.41, 5.74) is 3.15. The molecular weight excluding hydrogens is 340 g/mol. The average Bonchev–Trinajstić information content (AvgIpc) is 2.65. The van der Waals surface area contributed by atoms with E-state index in [2.05, 4.69) is 10.3 Å². The van der Waals surface area contributed by atoms with Crippen LogP contribution in [0.15, 0.2) is 36.5 Å². The summed E-state index contributed by atoms with van der Waals surface area (Å²) in [6.07, 6.45) is 2.45.